The van der Waals surface area contributed by atoms with Crippen LogP contribution in [0.5, 0.6) is 0 Å². The SMILES string of the molecule is Cc1ccccc1-n1c(C)cc(C2C(c3ccccn3)NC(=S)N2CCCN2CCOCC2)c1C. The molecule has 184 valence electrons. The summed E-state index contributed by atoms with van der Waals surface area (Å²) < 4.78 is 7.90. The molecule has 0 saturated carbocycles. The summed E-state index contributed by atoms with van der Waals surface area (Å²) in [5, 5.41) is 4.43. The number of aromatic nitrogens is 2. The third-order valence-corrected chi connectivity index (χ3v) is 7.67. The maximum Gasteiger partial charge on any atom is 0.170 e. The van der Waals surface area contributed by atoms with Crippen LogP contribution in [-0.4, -0.2) is 63.9 Å². The Morgan fingerprint density at radius 1 is 1.03 bits per heavy atom. The lowest BCUT2D eigenvalue weighted by molar-refractivity contribution is 0.0365. The molecule has 4 heterocycles. The fourth-order valence-corrected chi connectivity index (χ4v) is 5.88. The van der Waals surface area contributed by atoms with Gasteiger partial charge in [0.25, 0.3) is 0 Å². The Morgan fingerprint density at radius 3 is 2.54 bits per heavy atom. The van der Waals surface area contributed by atoms with Crippen molar-refractivity contribution in [2.24, 2.45) is 0 Å². The zero-order chi connectivity index (χ0) is 24.4. The first-order valence-electron chi connectivity index (χ1n) is 12.6. The Balaban J connectivity index is 1.48. The topological polar surface area (TPSA) is 45.6 Å². The highest BCUT2D eigenvalue weighted by Crippen LogP contribution is 2.41. The van der Waals surface area contributed by atoms with Gasteiger partial charge < -0.3 is 19.5 Å². The quantitative estimate of drug-likeness (QED) is 0.494. The van der Waals surface area contributed by atoms with Gasteiger partial charge in [0.2, 0.25) is 0 Å². The molecule has 2 unspecified atom stereocenters. The van der Waals surface area contributed by atoms with E-state index in [1.54, 1.807) is 0 Å². The van der Waals surface area contributed by atoms with E-state index in [4.69, 9.17) is 21.9 Å². The lowest BCUT2D eigenvalue weighted by Gasteiger charge is -2.30. The number of hydrogen-bond donors (Lipinski definition) is 1. The third-order valence-electron chi connectivity index (χ3n) is 7.32. The van der Waals surface area contributed by atoms with Crippen molar-refractivity contribution >= 4 is 17.3 Å². The lowest BCUT2D eigenvalue weighted by Crippen LogP contribution is -2.39. The largest absolute Gasteiger partial charge is 0.379 e. The highest BCUT2D eigenvalue weighted by atomic mass is 32.1. The molecule has 2 aromatic heterocycles. The zero-order valence-electron chi connectivity index (χ0n) is 20.9. The number of nitrogens with zero attached hydrogens (tertiary/aromatic N) is 4. The summed E-state index contributed by atoms with van der Waals surface area (Å²) in [5.41, 5.74) is 7.32. The maximum absolute atomic E-state index is 5.91. The lowest BCUT2D eigenvalue weighted by atomic mass is 9.96. The van der Waals surface area contributed by atoms with Crippen molar-refractivity contribution in [1.82, 2.24) is 24.7 Å². The first kappa shape index (κ1) is 24.0. The van der Waals surface area contributed by atoms with Crippen LogP contribution < -0.4 is 5.32 Å². The Labute approximate surface area is 213 Å². The van der Waals surface area contributed by atoms with Gasteiger partial charge in [-0.25, -0.2) is 0 Å². The number of ether oxygens (including phenoxy) is 1. The Bertz CT molecular complexity index is 1170. The molecule has 2 fully saturated rings. The number of aryl methyl sites for hydroxylation is 2. The van der Waals surface area contributed by atoms with E-state index in [-0.39, 0.29) is 12.1 Å². The van der Waals surface area contributed by atoms with Crippen LogP contribution in [0.1, 0.15) is 46.7 Å². The van der Waals surface area contributed by atoms with Gasteiger partial charge in [0.15, 0.2) is 5.11 Å². The van der Waals surface area contributed by atoms with Crippen molar-refractivity contribution in [1.29, 1.82) is 0 Å². The molecule has 2 aliphatic heterocycles. The predicted octanol–water partition coefficient (Wildman–Crippen LogP) is 4.49. The highest BCUT2D eigenvalue weighted by Gasteiger charge is 2.41. The number of pyridine rings is 1. The van der Waals surface area contributed by atoms with Crippen LogP contribution in [0.4, 0.5) is 0 Å². The average molecular weight is 490 g/mol. The van der Waals surface area contributed by atoms with Gasteiger partial charge in [0, 0.05) is 49.5 Å². The summed E-state index contributed by atoms with van der Waals surface area (Å²) in [6.45, 7) is 12.3. The fourth-order valence-electron chi connectivity index (χ4n) is 5.55. The molecule has 2 saturated heterocycles. The van der Waals surface area contributed by atoms with Crippen molar-refractivity contribution in [3.63, 3.8) is 0 Å². The van der Waals surface area contributed by atoms with Crippen LogP contribution in [0.15, 0.2) is 54.7 Å². The Kier molecular flexibility index (Phi) is 7.18. The fraction of sp³-hybridized carbons (Fsp3) is 0.429. The van der Waals surface area contributed by atoms with Gasteiger partial charge in [-0.05, 0) is 74.8 Å². The van der Waals surface area contributed by atoms with E-state index < -0.39 is 0 Å². The highest BCUT2D eigenvalue weighted by molar-refractivity contribution is 7.80. The van der Waals surface area contributed by atoms with Crippen molar-refractivity contribution in [2.45, 2.75) is 39.3 Å². The molecule has 2 atom stereocenters. The van der Waals surface area contributed by atoms with E-state index >= 15 is 0 Å². The zero-order valence-corrected chi connectivity index (χ0v) is 21.7. The molecule has 0 bridgehead atoms. The molecular formula is C28H35N5OS. The molecule has 35 heavy (non-hydrogen) atoms. The molecular weight excluding hydrogens is 454 g/mol. The van der Waals surface area contributed by atoms with Crippen LogP contribution >= 0.6 is 12.2 Å². The maximum atomic E-state index is 5.91. The number of para-hydroxylation sites is 1. The molecule has 2 aliphatic rings. The molecule has 5 rings (SSSR count). The molecule has 3 aromatic rings. The molecule has 7 heteroatoms. The summed E-state index contributed by atoms with van der Waals surface area (Å²) in [5.74, 6) is 0. The van der Waals surface area contributed by atoms with Crippen molar-refractivity contribution in [3.8, 4) is 5.69 Å². The van der Waals surface area contributed by atoms with E-state index in [0.717, 1.165) is 56.6 Å². The van der Waals surface area contributed by atoms with E-state index in [0.29, 0.717) is 0 Å². The molecule has 6 nitrogen and oxygen atoms in total. The second-order valence-corrected chi connectivity index (χ2v) is 9.96. The number of benzene rings is 1. The minimum absolute atomic E-state index is 0.0120. The third kappa shape index (κ3) is 4.85. The first-order chi connectivity index (χ1) is 17.0. The minimum Gasteiger partial charge on any atom is -0.379 e. The molecule has 0 amide bonds. The monoisotopic (exact) mass is 489 g/mol. The Hall–Kier alpha value is -2.74. The summed E-state index contributed by atoms with van der Waals surface area (Å²) in [6, 6.07) is 17.2. The number of nitrogens with one attached hydrogen (secondary N) is 1. The van der Waals surface area contributed by atoms with Crippen molar-refractivity contribution < 1.29 is 4.74 Å². The van der Waals surface area contributed by atoms with Crippen LogP contribution in [0, 0.1) is 20.8 Å². The van der Waals surface area contributed by atoms with Crippen LogP contribution in [0.25, 0.3) is 5.69 Å². The van der Waals surface area contributed by atoms with Crippen molar-refractivity contribution in [3.05, 3.63) is 82.9 Å². The van der Waals surface area contributed by atoms with E-state index in [2.05, 4.69) is 82.9 Å². The summed E-state index contributed by atoms with van der Waals surface area (Å²) in [6.07, 6.45) is 2.93. The van der Waals surface area contributed by atoms with E-state index in [9.17, 15) is 0 Å². The van der Waals surface area contributed by atoms with Gasteiger partial charge in [-0.1, -0.05) is 24.3 Å². The van der Waals surface area contributed by atoms with Crippen LogP contribution in [0.3, 0.4) is 0 Å². The van der Waals surface area contributed by atoms with Gasteiger partial charge in [0.1, 0.15) is 0 Å². The molecule has 0 spiro atoms. The molecule has 0 aliphatic carbocycles. The number of thiocarbonyl (C=S) groups is 1. The molecule has 0 radical (unpaired) electrons. The average Bonchev–Trinajstić information content (AvgIpc) is 3.35. The van der Waals surface area contributed by atoms with Gasteiger partial charge >= 0.3 is 0 Å². The number of rotatable bonds is 7. The van der Waals surface area contributed by atoms with Crippen molar-refractivity contribution in [2.75, 3.05) is 39.4 Å². The second kappa shape index (κ2) is 10.5. The molecule has 1 aromatic carbocycles. The normalized spacial score (nSPS) is 20.9. The van der Waals surface area contributed by atoms with Gasteiger partial charge in [0.05, 0.1) is 31.0 Å². The number of hydrogen-bond acceptors (Lipinski definition) is 4. The minimum atomic E-state index is 0.0120. The van der Waals surface area contributed by atoms with Gasteiger partial charge in [-0.15, -0.1) is 0 Å². The summed E-state index contributed by atoms with van der Waals surface area (Å²) in [7, 11) is 0. The second-order valence-electron chi connectivity index (χ2n) is 9.58. The van der Waals surface area contributed by atoms with E-state index in [1.165, 1.54) is 28.2 Å². The standard InChI is InChI=1S/C28H35N5OS/c1-20-9-4-5-11-25(20)33-21(2)19-23(22(33)3)27-26(24-10-6-7-12-29-24)30-28(35)32(27)14-8-13-31-15-17-34-18-16-31/h4-7,9-12,19,26-27H,8,13-18H2,1-3H3,(H,30,35). The summed E-state index contributed by atoms with van der Waals surface area (Å²) >= 11 is 5.91. The van der Waals surface area contributed by atoms with Gasteiger partial charge in [-0.3, -0.25) is 9.88 Å². The summed E-state index contributed by atoms with van der Waals surface area (Å²) in [4.78, 5) is 9.59. The van der Waals surface area contributed by atoms with Crippen LogP contribution in [0.2, 0.25) is 0 Å². The predicted molar refractivity (Wildman–Crippen MR) is 144 cm³/mol. The van der Waals surface area contributed by atoms with Crippen LogP contribution in [-0.2, 0) is 4.74 Å². The number of morpholine rings is 1. The smallest absolute Gasteiger partial charge is 0.170 e. The Morgan fingerprint density at radius 2 is 1.80 bits per heavy atom. The first-order valence-corrected chi connectivity index (χ1v) is 13.0. The van der Waals surface area contributed by atoms with E-state index in [1.807, 2.05) is 12.3 Å². The molecule has 1 N–H and O–H groups in total. The van der Waals surface area contributed by atoms with Gasteiger partial charge in [-0.2, -0.15) is 0 Å².